The van der Waals surface area contributed by atoms with E-state index in [1.807, 2.05) is 25.3 Å². The monoisotopic (exact) mass is 240 g/mol. The lowest BCUT2D eigenvalue weighted by Crippen LogP contribution is -2.02. The number of H-pyrrole nitrogens is 1. The molecule has 0 aliphatic rings. The van der Waals surface area contributed by atoms with Crippen LogP contribution in [-0.4, -0.2) is 24.9 Å². The highest BCUT2D eigenvalue weighted by Gasteiger charge is 2.07. The number of nitrogens with two attached hydrogens (primary N) is 1. The molecule has 0 aliphatic carbocycles. The molecule has 6 nitrogen and oxygen atoms in total. The van der Waals surface area contributed by atoms with E-state index in [9.17, 15) is 0 Å². The van der Waals surface area contributed by atoms with Gasteiger partial charge in [0, 0.05) is 18.3 Å². The average molecular weight is 240 g/mol. The van der Waals surface area contributed by atoms with Crippen LogP contribution in [0.25, 0.3) is 11.2 Å². The highest BCUT2D eigenvalue weighted by Crippen LogP contribution is 2.14. The number of imidazole rings is 1. The van der Waals surface area contributed by atoms with E-state index in [4.69, 9.17) is 5.73 Å². The summed E-state index contributed by atoms with van der Waals surface area (Å²) in [5.41, 5.74) is 9.16. The minimum atomic E-state index is 0.424. The highest BCUT2D eigenvalue weighted by molar-refractivity contribution is 5.80. The van der Waals surface area contributed by atoms with E-state index in [0.29, 0.717) is 29.2 Å². The molecular formula is C12H12N6. The molecule has 0 bridgehead atoms. The Morgan fingerprint density at radius 2 is 2.11 bits per heavy atom. The Morgan fingerprint density at radius 3 is 2.89 bits per heavy atom. The third kappa shape index (κ3) is 1.88. The van der Waals surface area contributed by atoms with Crippen molar-refractivity contribution in [1.29, 1.82) is 0 Å². The molecule has 3 aromatic heterocycles. The van der Waals surface area contributed by atoms with Gasteiger partial charge in [0.05, 0.1) is 6.33 Å². The van der Waals surface area contributed by atoms with Gasteiger partial charge in [-0.1, -0.05) is 6.07 Å². The molecule has 0 spiro atoms. The Labute approximate surface area is 103 Å². The van der Waals surface area contributed by atoms with E-state index in [-0.39, 0.29) is 0 Å². The van der Waals surface area contributed by atoms with E-state index in [0.717, 1.165) is 11.3 Å². The van der Waals surface area contributed by atoms with Gasteiger partial charge in [0.2, 0.25) is 0 Å². The molecule has 0 saturated carbocycles. The molecule has 0 saturated heterocycles. The van der Waals surface area contributed by atoms with Crippen LogP contribution in [0.5, 0.6) is 0 Å². The van der Waals surface area contributed by atoms with E-state index in [1.54, 1.807) is 6.33 Å². The number of rotatable bonds is 2. The van der Waals surface area contributed by atoms with Crippen molar-refractivity contribution in [3.63, 3.8) is 0 Å². The van der Waals surface area contributed by atoms with Gasteiger partial charge in [0.25, 0.3) is 0 Å². The third-order valence-corrected chi connectivity index (χ3v) is 2.69. The summed E-state index contributed by atoms with van der Waals surface area (Å²) >= 11 is 0. The molecule has 3 heterocycles. The molecule has 0 atom stereocenters. The van der Waals surface area contributed by atoms with Crippen molar-refractivity contribution in [3.05, 3.63) is 41.7 Å². The number of hydrogen-bond donors (Lipinski definition) is 2. The molecule has 90 valence electrons. The van der Waals surface area contributed by atoms with E-state index < -0.39 is 0 Å². The number of fused-ring (bicyclic) bond motifs is 1. The molecule has 0 unspecified atom stereocenters. The summed E-state index contributed by atoms with van der Waals surface area (Å²) in [7, 11) is 0. The van der Waals surface area contributed by atoms with Crippen molar-refractivity contribution in [2.75, 3.05) is 5.73 Å². The number of hydrogen-bond acceptors (Lipinski definition) is 5. The second-order valence-corrected chi connectivity index (χ2v) is 4.11. The topological polar surface area (TPSA) is 93.4 Å². The molecule has 3 rings (SSSR count). The Bertz CT molecular complexity index is 685. The lowest BCUT2D eigenvalue weighted by atomic mass is 10.2. The zero-order valence-corrected chi connectivity index (χ0v) is 9.88. The van der Waals surface area contributed by atoms with Crippen molar-refractivity contribution in [3.8, 4) is 0 Å². The summed E-state index contributed by atoms with van der Waals surface area (Å²) in [5, 5.41) is 0. The van der Waals surface area contributed by atoms with Gasteiger partial charge in [0.15, 0.2) is 11.5 Å². The van der Waals surface area contributed by atoms with Crippen LogP contribution in [0, 0.1) is 6.92 Å². The molecule has 0 amide bonds. The van der Waals surface area contributed by atoms with Crippen LogP contribution in [0.15, 0.2) is 24.7 Å². The van der Waals surface area contributed by atoms with Gasteiger partial charge in [-0.2, -0.15) is 0 Å². The maximum absolute atomic E-state index is 5.84. The number of aromatic nitrogens is 5. The smallest absolute Gasteiger partial charge is 0.183 e. The summed E-state index contributed by atoms with van der Waals surface area (Å²) < 4.78 is 0. The van der Waals surface area contributed by atoms with Crippen molar-refractivity contribution in [2.45, 2.75) is 13.3 Å². The van der Waals surface area contributed by atoms with Crippen LogP contribution < -0.4 is 5.73 Å². The van der Waals surface area contributed by atoms with E-state index in [2.05, 4.69) is 24.9 Å². The van der Waals surface area contributed by atoms with Crippen LogP contribution in [0.4, 0.5) is 5.82 Å². The van der Waals surface area contributed by atoms with Crippen LogP contribution in [0.3, 0.4) is 0 Å². The fourth-order valence-electron chi connectivity index (χ4n) is 1.77. The maximum atomic E-state index is 5.84. The minimum Gasteiger partial charge on any atom is -0.382 e. The first-order valence-electron chi connectivity index (χ1n) is 5.59. The van der Waals surface area contributed by atoms with Crippen molar-refractivity contribution < 1.29 is 0 Å². The predicted octanol–water partition coefficient (Wildman–Crippen LogP) is 1.23. The molecule has 0 radical (unpaired) electrons. The third-order valence-electron chi connectivity index (χ3n) is 2.69. The second-order valence-electron chi connectivity index (χ2n) is 4.11. The zero-order valence-electron chi connectivity index (χ0n) is 9.88. The van der Waals surface area contributed by atoms with Crippen LogP contribution >= 0.6 is 0 Å². The van der Waals surface area contributed by atoms with Gasteiger partial charge >= 0.3 is 0 Å². The Kier molecular flexibility index (Phi) is 2.40. The number of pyridine rings is 1. The average Bonchev–Trinajstić information content (AvgIpc) is 2.81. The number of nitrogens with one attached hydrogen (secondary N) is 1. The van der Waals surface area contributed by atoms with Crippen LogP contribution in [0.2, 0.25) is 0 Å². The quantitative estimate of drug-likeness (QED) is 0.702. The number of aromatic amines is 1. The second kappa shape index (κ2) is 4.06. The SMILES string of the molecule is Cc1ccc(Cc2nc(N)c3[nH]cnc3n2)cn1. The van der Waals surface area contributed by atoms with Gasteiger partial charge < -0.3 is 10.7 Å². The molecular weight excluding hydrogens is 228 g/mol. The molecule has 0 aliphatic heterocycles. The van der Waals surface area contributed by atoms with E-state index >= 15 is 0 Å². The molecule has 3 N–H and O–H groups in total. The summed E-state index contributed by atoms with van der Waals surface area (Å²) in [6.45, 7) is 1.95. The van der Waals surface area contributed by atoms with Crippen LogP contribution in [0.1, 0.15) is 17.1 Å². The van der Waals surface area contributed by atoms with Gasteiger partial charge in [0.1, 0.15) is 11.3 Å². The predicted molar refractivity (Wildman–Crippen MR) is 67.9 cm³/mol. The van der Waals surface area contributed by atoms with E-state index in [1.165, 1.54) is 0 Å². The number of nitrogens with zero attached hydrogens (tertiary/aromatic N) is 4. The van der Waals surface area contributed by atoms with Gasteiger partial charge in [-0.25, -0.2) is 15.0 Å². The first-order chi connectivity index (χ1) is 8.72. The Morgan fingerprint density at radius 1 is 1.22 bits per heavy atom. The van der Waals surface area contributed by atoms with Gasteiger partial charge in [-0.15, -0.1) is 0 Å². The van der Waals surface area contributed by atoms with Crippen LogP contribution in [-0.2, 0) is 6.42 Å². The first-order valence-corrected chi connectivity index (χ1v) is 5.59. The van der Waals surface area contributed by atoms with Crippen molar-refractivity contribution in [1.82, 2.24) is 24.9 Å². The molecule has 18 heavy (non-hydrogen) atoms. The molecule has 3 aromatic rings. The largest absolute Gasteiger partial charge is 0.382 e. The highest BCUT2D eigenvalue weighted by atomic mass is 15.0. The number of nitrogen functional groups attached to an aromatic ring is 1. The summed E-state index contributed by atoms with van der Waals surface area (Å²) in [5.74, 6) is 1.07. The Hall–Kier alpha value is -2.50. The fraction of sp³-hybridized carbons (Fsp3) is 0.167. The van der Waals surface area contributed by atoms with Crippen molar-refractivity contribution in [2.24, 2.45) is 0 Å². The normalized spacial score (nSPS) is 10.9. The summed E-state index contributed by atoms with van der Waals surface area (Å²) in [6.07, 6.45) is 3.98. The standard InChI is InChI=1S/C12H12N6/c1-7-2-3-8(5-14-7)4-9-17-11(13)10-12(18-9)16-6-15-10/h2-3,5-6H,4H2,1H3,(H3,13,15,16,17,18). The van der Waals surface area contributed by atoms with Gasteiger partial charge in [-0.05, 0) is 18.6 Å². The maximum Gasteiger partial charge on any atom is 0.183 e. The number of aryl methyl sites for hydroxylation is 1. The first kappa shape index (κ1) is 10.6. The summed E-state index contributed by atoms with van der Waals surface area (Å²) in [4.78, 5) is 19.9. The number of anilines is 1. The minimum absolute atomic E-state index is 0.424. The molecule has 6 heteroatoms. The van der Waals surface area contributed by atoms with Gasteiger partial charge in [-0.3, -0.25) is 4.98 Å². The zero-order chi connectivity index (χ0) is 12.5. The lowest BCUT2D eigenvalue weighted by molar-refractivity contribution is 0.978. The Balaban J connectivity index is 1.97. The molecule has 0 aromatic carbocycles. The fourth-order valence-corrected chi connectivity index (χ4v) is 1.77. The summed E-state index contributed by atoms with van der Waals surface area (Å²) in [6, 6.07) is 3.97. The molecule has 0 fully saturated rings. The lowest BCUT2D eigenvalue weighted by Gasteiger charge is -2.02. The van der Waals surface area contributed by atoms with Crippen molar-refractivity contribution >= 4 is 17.0 Å².